The van der Waals surface area contributed by atoms with Gasteiger partial charge in [0.15, 0.2) is 0 Å². The molecule has 0 radical (unpaired) electrons. The lowest BCUT2D eigenvalue weighted by atomic mass is 9.76. The van der Waals surface area contributed by atoms with Crippen LogP contribution < -0.4 is 0 Å². The zero-order valence-electron chi connectivity index (χ0n) is 8.83. The molecule has 1 aliphatic carbocycles. The van der Waals surface area contributed by atoms with Gasteiger partial charge in [-0.25, -0.2) is 0 Å². The minimum Gasteiger partial charge on any atom is -0.123 e. The molecular weight excluding hydrogens is 192 g/mol. The quantitative estimate of drug-likeness (QED) is 0.604. The molecule has 1 aromatic rings. The number of fused-ring (bicyclic) bond motifs is 1. The molecular formula is C13H17Cl. The van der Waals surface area contributed by atoms with Crippen LogP contribution in [0.4, 0.5) is 0 Å². The van der Waals surface area contributed by atoms with Crippen LogP contribution in [0.3, 0.4) is 0 Å². The molecule has 0 saturated heterocycles. The van der Waals surface area contributed by atoms with Gasteiger partial charge in [-0.1, -0.05) is 31.2 Å². The summed E-state index contributed by atoms with van der Waals surface area (Å²) in [5.74, 6) is 1.27. The second-order valence-corrected chi connectivity index (χ2v) is 5.08. The van der Waals surface area contributed by atoms with E-state index in [0.29, 0.717) is 11.8 Å². The maximum atomic E-state index is 6.23. The van der Waals surface area contributed by atoms with Crippen LogP contribution in [0.15, 0.2) is 24.3 Å². The summed E-state index contributed by atoms with van der Waals surface area (Å²) < 4.78 is 0. The van der Waals surface area contributed by atoms with Crippen molar-refractivity contribution in [3.8, 4) is 0 Å². The van der Waals surface area contributed by atoms with Crippen LogP contribution in [-0.4, -0.2) is 5.38 Å². The van der Waals surface area contributed by atoms with Gasteiger partial charge >= 0.3 is 0 Å². The number of alkyl halides is 1. The predicted molar refractivity (Wildman–Crippen MR) is 62.1 cm³/mol. The Morgan fingerprint density at radius 3 is 2.50 bits per heavy atom. The van der Waals surface area contributed by atoms with E-state index in [1.807, 2.05) is 0 Å². The molecule has 0 amide bonds. The zero-order valence-corrected chi connectivity index (χ0v) is 9.59. The second kappa shape index (κ2) is 3.94. The molecule has 0 heterocycles. The van der Waals surface area contributed by atoms with Gasteiger partial charge in [0.25, 0.3) is 0 Å². The van der Waals surface area contributed by atoms with Crippen molar-refractivity contribution < 1.29 is 0 Å². The molecule has 76 valence electrons. The van der Waals surface area contributed by atoms with E-state index in [2.05, 4.69) is 38.1 Å². The van der Waals surface area contributed by atoms with Crippen LogP contribution in [0.1, 0.15) is 49.7 Å². The Balaban J connectivity index is 2.41. The van der Waals surface area contributed by atoms with Crippen LogP contribution in [0.25, 0.3) is 0 Å². The van der Waals surface area contributed by atoms with Gasteiger partial charge in [-0.3, -0.25) is 0 Å². The van der Waals surface area contributed by atoms with Gasteiger partial charge in [0.2, 0.25) is 0 Å². The largest absolute Gasteiger partial charge is 0.123 e. The molecule has 3 unspecified atom stereocenters. The van der Waals surface area contributed by atoms with Crippen molar-refractivity contribution >= 4 is 11.6 Å². The van der Waals surface area contributed by atoms with Crippen LogP contribution in [0.2, 0.25) is 0 Å². The van der Waals surface area contributed by atoms with E-state index in [-0.39, 0.29) is 5.38 Å². The first kappa shape index (κ1) is 10.0. The third-order valence-corrected chi connectivity index (χ3v) is 3.70. The summed E-state index contributed by atoms with van der Waals surface area (Å²) in [5, 5.41) is 0.253. The zero-order chi connectivity index (χ0) is 10.1. The summed E-state index contributed by atoms with van der Waals surface area (Å²) in [5.41, 5.74) is 2.99. The van der Waals surface area contributed by atoms with Gasteiger partial charge in [-0.05, 0) is 36.8 Å². The highest BCUT2D eigenvalue weighted by molar-refractivity contribution is 6.20. The van der Waals surface area contributed by atoms with E-state index in [0.717, 1.165) is 0 Å². The molecule has 2 rings (SSSR count). The second-order valence-electron chi connectivity index (χ2n) is 4.39. The summed E-state index contributed by atoms with van der Waals surface area (Å²) in [6, 6.07) is 8.76. The summed E-state index contributed by atoms with van der Waals surface area (Å²) >= 11 is 6.23. The summed E-state index contributed by atoms with van der Waals surface area (Å²) in [6.45, 7) is 4.42. The maximum absolute atomic E-state index is 6.23. The fourth-order valence-corrected chi connectivity index (χ4v) is 2.78. The van der Waals surface area contributed by atoms with E-state index in [9.17, 15) is 0 Å². The average molecular weight is 209 g/mol. The molecule has 14 heavy (non-hydrogen) atoms. The van der Waals surface area contributed by atoms with Crippen molar-refractivity contribution in [1.82, 2.24) is 0 Å². The smallest absolute Gasteiger partial charge is 0.0376 e. The van der Waals surface area contributed by atoms with E-state index >= 15 is 0 Å². The van der Waals surface area contributed by atoms with Crippen molar-refractivity contribution in [2.24, 2.45) is 0 Å². The van der Waals surface area contributed by atoms with Gasteiger partial charge in [0, 0.05) is 11.3 Å². The van der Waals surface area contributed by atoms with Gasteiger partial charge in [-0.2, -0.15) is 0 Å². The Morgan fingerprint density at radius 2 is 1.86 bits per heavy atom. The molecule has 0 N–H and O–H groups in total. The Hall–Kier alpha value is -0.490. The molecule has 1 aliphatic rings. The fourth-order valence-electron chi connectivity index (χ4n) is 2.52. The van der Waals surface area contributed by atoms with Crippen molar-refractivity contribution in [3.63, 3.8) is 0 Å². The molecule has 0 fully saturated rings. The standard InChI is InChI=1S/C13H17Cl/c1-9-7-8-12(10(2)14)13-6-4-3-5-11(9)13/h3-6,9-10,12H,7-8H2,1-2H3. The lowest BCUT2D eigenvalue weighted by Gasteiger charge is -2.31. The molecule has 0 saturated carbocycles. The molecule has 0 aliphatic heterocycles. The first-order valence-electron chi connectivity index (χ1n) is 5.43. The van der Waals surface area contributed by atoms with Gasteiger partial charge < -0.3 is 0 Å². The minimum absolute atomic E-state index is 0.253. The van der Waals surface area contributed by atoms with Gasteiger partial charge in [-0.15, -0.1) is 11.6 Å². The summed E-state index contributed by atoms with van der Waals surface area (Å²) in [7, 11) is 0. The van der Waals surface area contributed by atoms with Crippen LogP contribution in [0, 0.1) is 0 Å². The Labute approximate surface area is 91.3 Å². The summed E-state index contributed by atoms with van der Waals surface area (Å²) in [4.78, 5) is 0. The monoisotopic (exact) mass is 208 g/mol. The SMILES string of the molecule is CC1CCC(C(C)Cl)c2ccccc21. The molecule has 0 aromatic heterocycles. The number of halogens is 1. The topological polar surface area (TPSA) is 0 Å². The Kier molecular flexibility index (Phi) is 2.83. The van der Waals surface area contributed by atoms with Gasteiger partial charge in [0.05, 0.1) is 0 Å². The number of hydrogen-bond acceptors (Lipinski definition) is 0. The highest BCUT2D eigenvalue weighted by Gasteiger charge is 2.26. The van der Waals surface area contributed by atoms with Crippen LogP contribution in [-0.2, 0) is 0 Å². The van der Waals surface area contributed by atoms with E-state index in [1.54, 1.807) is 0 Å². The number of benzene rings is 1. The molecule has 1 heteroatoms. The molecule has 3 atom stereocenters. The Morgan fingerprint density at radius 1 is 1.21 bits per heavy atom. The maximum Gasteiger partial charge on any atom is 0.0376 e. The highest BCUT2D eigenvalue weighted by atomic mass is 35.5. The first-order chi connectivity index (χ1) is 6.70. The molecule has 0 nitrogen and oxygen atoms in total. The van der Waals surface area contributed by atoms with Crippen molar-refractivity contribution in [2.45, 2.75) is 43.9 Å². The first-order valence-corrected chi connectivity index (χ1v) is 5.86. The minimum atomic E-state index is 0.253. The van der Waals surface area contributed by atoms with Crippen molar-refractivity contribution in [3.05, 3.63) is 35.4 Å². The lowest BCUT2D eigenvalue weighted by Crippen LogP contribution is -2.18. The summed E-state index contributed by atoms with van der Waals surface area (Å²) in [6.07, 6.45) is 2.52. The van der Waals surface area contributed by atoms with E-state index in [1.165, 1.54) is 24.0 Å². The van der Waals surface area contributed by atoms with E-state index < -0.39 is 0 Å². The van der Waals surface area contributed by atoms with Crippen LogP contribution in [0.5, 0.6) is 0 Å². The number of hydrogen-bond donors (Lipinski definition) is 0. The molecule has 0 bridgehead atoms. The van der Waals surface area contributed by atoms with Gasteiger partial charge in [0.1, 0.15) is 0 Å². The van der Waals surface area contributed by atoms with Crippen molar-refractivity contribution in [1.29, 1.82) is 0 Å². The van der Waals surface area contributed by atoms with Crippen LogP contribution >= 0.6 is 11.6 Å². The molecule has 0 spiro atoms. The number of rotatable bonds is 1. The third-order valence-electron chi connectivity index (χ3n) is 3.39. The normalized spacial score (nSPS) is 28.2. The predicted octanol–water partition coefficient (Wildman–Crippen LogP) is 4.29. The fraction of sp³-hybridized carbons (Fsp3) is 0.538. The lowest BCUT2D eigenvalue weighted by molar-refractivity contribution is 0.496. The molecule has 1 aromatic carbocycles. The van der Waals surface area contributed by atoms with Crippen molar-refractivity contribution in [2.75, 3.05) is 0 Å². The highest BCUT2D eigenvalue weighted by Crippen LogP contribution is 2.41. The average Bonchev–Trinajstić information content (AvgIpc) is 2.18. The Bertz CT molecular complexity index is 317. The third kappa shape index (κ3) is 1.68. The van der Waals surface area contributed by atoms with E-state index in [4.69, 9.17) is 11.6 Å².